The van der Waals surface area contributed by atoms with E-state index in [2.05, 4.69) is 4.98 Å². The fourth-order valence-electron chi connectivity index (χ4n) is 1.87. The summed E-state index contributed by atoms with van der Waals surface area (Å²) in [6.07, 6.45) is 0.218. The lowest BCUT2D eigenvalue weighted by atomic mass is 10.0. The Balaban J connectivity index is 2.15. The number of nitrogens with two attached hydrogens (primary N) is 1. The van der Waals surface area contributed by atoms with Crippen molar-refractivity contribution in [2.24, 2.45) is 5.73 Å². The second-order valence-electron chi connectivity index (χ2n) is 4.28. The van der Waals surface area contributed by atoms with E-state index in [9.17, 15) is 9.59 Å². The SMILES string of the molecule is NC1(C(=O)O)CCN(C(=O)c2cc(Cl)c(Cl)[nH]2)C1. The molecule has 0 spiro atoms. The molecule has 1 atom stereocenters. The summed E-state index contributed by atoms with van der Waals surface area (Å²) in [5.41, 5.74) is 4.53. The van der Waals surface area contributed by atoms with Gasteiger partial charge >= 0.3 is 5.97 Å². The van der Waals surface area contributed by atoms with Crippen LogP contribution in [0, 0.1) is 0 Å². The Kier molecular flexibility index (Phi) is 3.27. The van der Waals surface area contributed by atoms with E-state index >= 15 is 0 Å². The van der Waals surface area contributed by atoms with E-state index in [4.69, 9.17) is 34.0 Å². The number of hydrogen-bond donors (Lipinski definition) is 3. The minimum atomic E-state index is -1.38. The van der Waals surface area contributed by atoms with Gasteiger partial charge in [0.05, 0.1) is 5.02 Å². The first-order valence-electron chi connectivity index (χ1n) is 5.19. The molecule has 0 saturated carbocycles. The smallest absolute Gasteiger partial charge is 0.325 e. The van der Waals surface area contributed by atoms with Gasteiger partial charge in [-0.2, -0.15) is 0 Å². The minimum Gasteiger partial charge on any atom is -0.480 e. The number of hydrogen-bond acceptors (Lipinski definition) is 3. The van der Waals surface area contributed by atoms with Gasteiger partial charge in [-0.05, 0) is 12.5 Å². The van der Waals surface area contributed by atoms with Crippen molar-refractivity contribution in [1.29, 1.82) is 0 Å². The van der Waals surface area contributed by atoms with Crippen LogP contribution >= 0.6 is 23.2 Å². The first-order chi connectivity index (χ1) is 8.33. The number of amides is 1. The molecule has 1 amide bonds. The fraction of sp³-hybridized carbons (Fsp3) is 0.400. The average Bonchev–Trinajstić information content (AvgIpc) is 2.84. The number of carbonyl (C=O) groups excluding carboxylic acids is 1. The molecular formula is C10H11Cl2N3O3. The molecule has 1 saturated heterocycles. The van der Waals surface area contributed by atoms with Crippen LogP contribution in [0.25, 0.3) is 0 Å². The molecule has 2 heterocycles. The topological polar surface area (TPSA) is 99.4 Å². The molecule has 6 nitrogen and oxygen atoms in total. The summed E-state index contributed by atoms with van der Waals surface area (Å²) < 4.78 is 0. The average molecular weight is 292 g/mol. The van der Waals surface area contributed by atoms with Crippen molar-refractivity contribution in [3.8, 4) is 0 Å². The Morgan fingerprint density at radius 3 is 2.61 bits per heavy atom. The number of carboxylic acids is 1. The number of halogens is 2. The summed E-state index contributed by atoms with van der Waals surface area (Å²) in [5.74, 6) is -1.47. The maximum Gasteiger partial charge on any atom is 0.325 e. The van der Waals surface area contributed by atoms with E-state index in [1.54, 1.807) is 0 Å². The number of aromatic amines is 1. The molecule has 1 aromatic heterocycles. The van der Waals surface area contributed by atoms with Crippen molar-refractivity contribution in [3.63, 3.8) is 0 Å². The zero-order chi connectivity index (χ0) is 13.5. The van der Waals surface area contributed by atoms with Gasteiger partial charge in [0.2, 0.25) is 0 Å². The van der Waals surface area contributed by atoms with E-state index < -0.39 is 11.5 Å². The van der Waals surface area contributed by atoms with Crippen LogP contribution in [0.4, 0.5) is 0 Å². The van der Waals surface area contributed by atoms with Crippen LogP contribution in [0.1, 0.15) is 16.9 Å². The van der Waals surface area contributed by atoms with E-state index in [1.807, 2.05) is 0 Å². The summed E-state index contributed by atoms with van der Waals surface area (Å²) in [5, 5.41) is 9.40. The van der Waals surface area contributed by atoms with Crippen molar-refractivity contribution in [2.75, 3.05) is 13.1 Å². The lowest BCUT2D eigenvalue weighted by Gasteiger charge is -2.19. The lowest BCUT2D eigenvalue weighted by molar-refractivity contribution is -0.142. The molecule has 1 aliphatic rings. The standard InChI is InChI=1S/C10H11Cl2N3O3/c11-5-3-6(14-7(5)12)8(16)15-2-1-10(13,4-15)9(17)18/h3,14H,1-2,4,13H2,(H,17,18). The van der Waals surface area contributed by atoms with Gasteiger partial charge < -0.3 is 20.7 Å². The zero-order valence-corrected chi connectivity index (χ0v) is 10.8. The highest BCUT2D eigenvalue weighted by atomic mass is 35.5. The van der Waals surface area contributed by atoms with Gasteiger partial charge in [-0.15, -0.1) is 0 Å². The van der Waals surface area contributed by atoms with Crippen molar-refractivity contribution < 1.29 is 14.7 Å². The Bertz CT molecular complexity index is 497. The van der Waals surface area contributed by atoms with Crippen molar-refractivity contribution in [1.82, 2.24) is 9.88 Å². The first kappa shape index (κ1) is 13.2. The molecule has 1 fully saturated rings. The molecule has 98 valence electrons. The summed E-state index contributed by atoms with van der Waals surface area (Å²) in [6, 6.07) is 1.41. The van der Waals surface area contributed by atoms with E-state index in [0.29, 0.717) is 0 Å². The van der Waals surface area contributed by atoms with Crippen molar-refractivity contribution in [3.05, 3.63) is 21.9 Å². The summed E-state index contributed by atoms with van der Waals surface area (Å²) in [6.45, 7) is 0.255. The van der Waals surface area contributed by atoms with Gasteiger partial charge in [0.25, 0.3) is 5.91 Å². The maximum atomic E-state index is 12.1. The molecule has 0 aromatic carbocycles. The van der Waals surface area contributed by atoms with Crippen LogP contribution in [-0.2, 0) is 4.79 Å². The summed E-state index contributed by atoms with van der Waals surface area (Å²) in [7, 11) is 0. The highest BCUT2D eigenvalue weighted by Gasteiger charge is 2.43. The number of nitrogens with zero attached hydrogens (tertiary/aromatic N) is 1. The molecule has 8 heteroatoms. The molecular weight excluding hydrogens is 281 g/mol. The Morgan fingerprint density at radius 1 is 1.50 bits per heavy atom. The highest BCUT2D eigenvalue weighted by molar-refractivity contribution is 6.41. The molecule has 1 aliphatic heterocycles. The molecule has 0 radical (unpaired) electrons. The number of aromatic nitrogens is 1. The first-order valence-corrected chi connectivity index (χ1v) is 5.94. The lowest BCUT2D eigenvalue weighted by Crippen LogP contribution is -2.50. The third kappa shape index (κ3) is 2.19. The quantitative estimate of drug-likeness (QED) is 0.755. The van der Waals surface area contributed by atoms with Gasteiger partial charge in [0.15, 0.2) is 0 Å². The number of rotatable bonds is 2. The molecule has 1 unspecified atom stereocenters. The fourth-order valence-corrected chi connectivity index (χ4v) is 2.18. The third-order valence-electron chi connectivity index (χ3n) is 2.97. The summed E-state index contributed by atoms with van der Waals surface area (Å²) in [4.78, 5) is 27.0. The Morgan fingerprint density at radius 2 is 2.17 bits per heavy atom. The van der Waals surface area contributed by atoms with Gasteiger partial charge in [-0.25, -0.2) is 0 Å². The largest absolute Gasteiger partial charge is 0.480 e. The van der Waals surface area contributed by atoms with Crippen LogP contribution in [-0.4, -0.2) is 45.5 Å². The number of carboxylic acid groups (broad SMARTS) is 1. The molecule has 2 rings (SSSR count). The molecule has 1 aromatic rings. The van der Waals surface area contributed by atoms with Gasteiger partial charge in [0.1, 0.15) is 16.4 Å². The predicted octanol–water partition coefficient (Wildman–Crippen LogP) is 0.950. The van der Waals surface area contributed by atoms with Crippen LogP contribution in [0.15, 0.2) is 6.07 Å². The van der Waals surface area contributed by atoms with Crippen LogP contribution in [0.5, 0.6) is 0 Å². The highest BCUT2D eigenvalue weighted by Crippen LogP contribution is 2.25. The monoisotopic (exact) mass is 291 g/mol. The minimum absolute atomic E-state index is 0.0323. The van der Waals surface area contributed by atoms with Gasteiger partial charge in [0, 0.05) is 13.1 Å². The number of aliphatic carboxylic acids is 1. The van der Waals surface area contributed by atoms with Crippen LogP contribution in [0.2, 0.25) is 10.2 Å². The van der Waals surface area contributed by atoms with Gasteiger partial charge in [-0.3, -0.25) is 9.59 Å². The Hall–Kier alpha value is -1.24. The summed E-state index contributed by atoms with van der Waals surface area (Å²) >= 11 is 11.4. The number of likely N-dealkylation sites (tertiary alicyclic amines) is 1. The molecule has 0 aliphatic carbocycles. The van der Waals surface area contributed by atoms with E-state index in [0.717, 1.165) is 0 Å². The second kappa shape index (κ2) is 4.46. The van der Waals surface area contributed by atoms with Gasteiger partial charge in [-0.1, -0.05) is 23.2 Å². The Labute approximate surface area is 113 Å². The zero-order valence-electron chi connectivity index (χ0n) is 9.24. The third-order valence-corrected chi connectivity index (χ3v) is 3.66. The number of nitrogens with one attached hydrogen (secondary N) is 1. The molecule has 0 bridgehead atoms. The number of carbonyl (C=O) groups is 2. The maximum absolute atomic E-state index is 12.1. The van der Waals surface area contributed by atoms with E-state index in [-0.39, 0.29) is 41.3 Å². The molecule has 4 N–H and O–H groups in total. The van der Waals surface area contributed by atoms with Crippen molar-refractivity contribution >= 4 is 35.1 Å². The van der Waals surface area contributed by atoms with Crippen LogP contribution < -0.4 is 5.73 Å². The predicted molar refractivity (Wildman–Crippen MR) is 65.9 cm³/mol. The second-order valence-corrected chi connectivity index (χ2v) is 5.07. The molecule has 18 heavy (non-hydrogen) atoms. The normalized spacial score (nSPS) is 23.4. The van der Waals surface area contributed by atoms with Crippen molar-refractivity contribution in [2.45, 2.75) is 12.0 Å². The number of H-pyrrole nitrogens is 1. The van der Waals surface area contributed by atoms with E-state index in [1.165, 1.54) is 11.0 Å². The van der Waals surface area contributed by atoms with Crippen LogP contribution in [0.3, 0.4) is 0 Å².